The molecule has 0 saturated carbocycles. The van der Waals surface area contributed by atoms with Crippen LogP contribution in [0.4, 0.5) is 16.0 Å². The number of halogens is 1. The Kier molecular flexibility index (Phi) is 4.17. The van der Waals surface area contributed by atoms with Crippen LogP contribution >= 0.6 is 0 Å². The topological polar surface area (TPSA) is 55.6 Å². The summed E-state index contributed by atoms with van der Waals surface area (Å²) in [5, 5.41) is 7.37. The molecular formula is C23H18FN5. The molecule has 5 nitrogen and oxygen atoms in total. The molecule has 0 bridgehead atoms. The molecule has 142 valence electrons. The van der Waals surface area contributed by atoms with E-state index in [1.165, 1.54) is 6.07 Å². The summed E-state index contributed by atoms with van der Waals surface area (Å²) in [6.07, 6.45) is 7.55. The fourth-order valence-corrected chi connectivity index (χ4v) is 3.66. The van der Waals surface area contributed by atoms with Gasteiger partial charge >= 0.3 is 0 Å². The van der Waals surface area contributed by atoms with Crippen molar-refractivity contribution in [2.75, 3.05) is 5.32 Å². The van der Waals surface area contributed by atoms with E-state index in [0.29, 0.717) is 11.5 Å². The van der Waals surface area contributed by atoms with E-state index in [4.69, 9.17) is 0 Å². The maximum atomic E-state index is 14.4. The summed E-state index contributed by atoms with van der Waals surface area (Å²) >= 11 is 0. The lowest BCUT2D eigenvalue weighted by atomic mass is 9.95. The Morgan fingerprint density at radius 1 is 1.00 bits per heavy atom. The van der Waals surface area contributed by atoms with E-state index in [0.717, 1.165) is 28.1 Å². The first-order chi connectivity index (χ1) is 14.2. The van der Waals surface area contributed by atoms with Crippen molar-refractivity contribution in [3.8, 4) is 11.1 Å². The molecule has 1 aromatic carbocycles. The van der Waals surface area contributed by atoms with Gasteiger partial charge < -0.3 is 5.32 Å². The zero-order valence-electron chi connectivity index (χ0n) is 15.7. The van der Waals surface area contributed by atoms with Crippen LogP contribution in [-0.4, -0.2) is 19.7 Å². The van der Waals surface area contributed by atoms with Crippen LogP contribution in [0, 0.1) is 5.95 Å². The number of allylic oxidation sites excluding steroid dienone is 1. The van der Waals surface area contributed by atoms with Gasteiger partial charge in [0, 0.05) is 31.3 Å². The van der Waals surface area contributed by atoms with Gasteiger partial charge in [0.05, 0.1) is 11.9 Å². The minimum absolute atomic E-state index is 0.0467. The Labute approximate surface area is 167 Å². The van der Waals surface area contributed by atoms with Gasteiger partial charge in [-0.25, -0.2) is 9.97 Å². The lowest BCUT2D eigenvalue weighted by Crippen LogP contribution is -2.02. The monoisotopic (exact) mass is 383 g/mol. The molecule has 0 amide bonds. The molecule has 3 heterocycles. The molecular weight excluding hydrogens is 365 g/mol. The highest BCUT2D eigenvalue weighted by Crippen LogP contribution is 2.36. The maximum Gasteiger partial charge on any atom is 0.213 e. The van der Waals surface area contributed by atoms with E-state index < -0.39 is 5.95 Å². The Morgan fingerprint density at radius 2 is 1.90 bits per heavy atom. The molecule has 3 aromatic heterocycles. The third-order valence-electron chi connectivity index (χ3n) is 5.10. The van der Waals surface area contributed by atoms with Gasteiger partial charge in [-0.2, -0.15) is 9.49 Å². The Morgan fingerprint density at radius 3 is 2.76 bits per heavy atom. The number of hydrogen-bond acceptors (Lipinski definition) is 4. The molecule has 5 rings (SSSR count). The number of nitrogens with zero attached hydrogens (tertiary/aromatic N) is 4. The van der Waals surface area contributed by atoms with Crippen molar-refractivity contribution in [1.82, 2.24) is 19.7 Å². The van der Waals surface area contributed by atoms with Gasteiger partial charge in [-0.05, 0) is 40.5 Å². The van der Waals surface area contributed by atoms with Gasteiger partial charge in [-0.1, -0.05) is 36.4 Å². The molecule has 0 radical (unpaired) electrons. The number of hydrogen-bond donors (Lipinski definition) is 1. The lowest BCUT2D eigenvalue weighted by Gasteiger charge is -2.13. The summed E-state index contributed by atoms with van der Waals surface area (Å²) in [5.74, 6) is 0.947. The standard InChI is InChI=1S/C23H18FN5/c1-29-23(9-11-26-29)28-22-14-16(8-10-25-22)17-12-20(27-21(24)13-17)19-7-6-15-4-2-3-5-18(15)19/h2-14,19H,1H3,(H,25,28). The number of aryl methyl sites for hydroxylation is 1. The van der Waals surface area contributed by atoms with Gasteiger partial charge in [0.25, 0.3) is 0 Å². The van der Waals surface area contributed by atoms with Gasteiger partial charge in [0.2, 0.25) is 5.95 Å². The van der Waals surface area contributed by atoms with Crippen LogP contribution in [0.5, 0.6) is 0 Å². The van der Waals surface area contributed by atoms with Gasteiger partial charge in [0.15, 0.2) is 0 Å². The summed E-state index contributed by atoms with van der Waals surface area (Å²) in [6.45, 7) is 0. The smallest absolute Gasteiger partial charge is 0.213 e. The predicted molar refractivity (Wildman–Crippen MR) is 111 cm³/mol. The summed E-state index contributed by atoms with van der Waals surface area (Å²) in [5.41, 5.74) is 4.61. The highest BCUT2D eigenvalue weighted by Gasteiger charge is 2.21. The van der Waals surface area contributed by atoms with E-state index in [1.807, 2.05) is 43.4 Å². The SMILES string of the molecule is Cn1nccc1Nc1cc(-c2cc(F)nc(C3C=Cc4ccccc43)c2)ccn1. The minimum atomic E-state index is -0.492. The van der Waals surface area contributed by atoms with Crippen molar-refractivity contribution < 1.29 is 4.39 Å². The lowest BCUT2D eigenvalue weighted by molar-refractivity contribution is 0.577. The minimum Gasteiger partial charge on any atom is -0.325 e. The Balaban J connectivity index is 1.51. The van der Waals surface area contributed by atoms with Crippen LogP contribution in [0.15, 0.2) is 73.1 Å². The number of aromatic nitrogens is 4. The first-order valence-electron chi connectivity index (χ1n) is 9.33. The second-order valence-corrected chi connectivity index (χ2v) is 6.96. The zero-order valence-corrected chi connectivity index (χ0v) is 15.7. The largest absolute Gasteiger partial charge is 0.325 e. The van der Waals surface area contributed by atoms with E-state index in [1.54, 1.807) is 17.1 Å². The molecule has 0 fully saturated rings. The van der Waals surface area contributed by atoms with E-state index >= 15 is 0 Å². The van der Waals surface area contributed by atoms with Crippen molar-refractivity contribution in [2.45, 2.75) is 5.92 Å². The van der Waals surface area contributed by atoms with Crippen LogP contribution in [0.25, 0.3) is 17.2 Å². The van der Waals surface area contributed by atoms with Crippen molar-refractivity contribution in [1.29, 1.82) is 0 Å². The fourth-order valence-electron chi connectivity index (χ4n) is 3.66. The van der Waals surface area contributed by atoms with Gasteiger partial charge in [0.1, 0.15) is 11.6 Å². The summed E-state index contributed by atoms with van der Waals surface area (Å²) in [6, 6.07) is 17.2. The Bertz CT molecular complexity index is 1230. The number of benzene rings is 1. The van der Waals surface area contributed by atoms with Crippen LogP contribution in [0.2, 0.25) is 0 Å². The number of nitrogens with one attached hydrogen (secondary N) is 1. The van der Waals surface area contributed by atoms with Crippen molar-refractivity contribution in [3.63, 3.8) is 0 Å². The zero-order chi connectivity index (χ0) is 19.8. The molecule has 1 N–H and O–H groups in total. The third kappa shape index (κ3) is 3.29. The second kappa shape index (κ2) is 6.98. The summed E-state index contributed by atoms with van der Waals surface area (Å²) in [4.78, 5) is 8.53. The molecule has 4 aromatic rings. The first-order valence-corrected chi connectivity index (χ1v) is 9.33. The summed E-state index contributed by atoms with van der Waals surface area (Å²) in [7, 11) is 1.85. The number of rotatable bonds is 4. The number of anilines is 2. The van der Waals surface area contributed by atoms with Crippen LogP contribution in [0.1, 0.15) is 22.7 Å². The molecule has 1 atom stereocenters. The third-order valence-corrected chi connectivity index (χ3v) is 5.10. The van der Waals surface area contributed by atoms with E-state index in [2.05, 4.69) is 44.7 Å². The maximum absolute atomic E-state index is 14.4. The molecule has 6 heteroatoms. The van der Waals surface area contributed by atoms with E-state index in [9.17, 15) is 4.39 Å². The molecule has 1 unspecified atom stereocenters. The number of fused-ring (bicyclic) bond motifs is 1. The first kappa shape index (κ1) is 17.3. The van der Waals surface area contributed by atoms with Gasteiger partial charge in [-0.3, -0.25) is 4.68 Å². The second-order valence-electron chi connectivity index (χ2n) is 6.96. The molecule has 0 spiro atoms. The number of pyridine rings is 2. The highest BCUT2D eigenvalue weighted by atomic mass is 19.1. The predicted octanol–water partition coefficient (Wildman–Crippen LogP) is 4.92. The molecule has 0 saturated heterocycles. The van der Waals surface area contributed by atoms with Crippen LogP contribution in [0.3, 0.4) is 0 Å². The fraction of sp³-hybridized carbons (Fsp3) is 0.0870. The van der Waals surface area contributed by atoms with Gasteiger partial charge in [-0.15, -0.1) is 0 Å². The summed E-state index contributed by atoms with van der Waals surface area (Å²) < 4.78 is 16.1. The highest BCUT2D eigenvalue weighted by molar-refractivity contribution is 5.70. The quantitative estimate of drug-likeness (QED) is 0.508. The Hall–Kier alpha value is -3.80. The van der Waals surface area contributed by atoms with E-state index in [-0.39, 0.29) is 5.92 Å². The average Bonchev–Trinajstić information content (AvgIpc) is 3.34. The molecule has 1 aliphatic carbocycles. The normalized spacial score (nSPS) is 14.8. The van der Waals surface area contributed by atoms with Crippen LogP contribution < -0.4 is 5.32 Å². The molecule has 29 heavy (non-hydrogen) atoms. The molecule has 1 aliphatic rings. The van der Waals surface area contributed by atoms with Crippen molar-refractivity contribution >= 4 is 17.7 Å². The van der Waals surface area contributed by atoms with Crippen molar-refractivity contribution in [2.24, 2.45) is 7.05 Å². The molecule has 0 aliphatic heterocycles. The van der Waals surface area contributed by atoms with Crippen LogP contribution in [-0.2, 0) is 7.05 Å². The average molecular weight is 383 g/mol. The van der Waals surface area contributed by atoms with Crippen molar-refractivity contribution in [3.05, 3.63) is 95.8 Å².